The molecule has 304 valence electrons. The number of amides is 1. The van der Waals surface area contributed by atoms with Crippen LogP contribution in [0.25, 0.3) is 0 Å². The van der Waals surface area contributed by atoms with Gasteiger partial charge in [0.05, 0.1) is 42.4 Å². The predicted molar refractivity (Wildman–Crippen MR) is 199 cm³/mol. The molecule has 1 heterocycles. The third-order valence-corrected chi connectivity index (χ3v) is 12.5. The zero-order valence-electron chi connectivity index (χ0n) is 32.7. The maximum absolute atomic E-state index is 14.7. The highest BCUT2D eigenvalue weighted by molar-refractivity contribution is 5.94. The lowest BCUT2D eigenvalue weighted by atomic mass is 9.44. The topological polar surface area (TPSA) is 218 Å². The van der Waals surface area contributed by atoms with Crippen LogP contribution in [0.5, 0.6) is 0 Å². The number of ketones is 1. The van der Waals surface area contributed by atoms with Crippen molar-refractivity contribution >= 4 is 23.8 Å². The molecular formula is C42H53NO13. The Hall–Kier alpha value is -4.18. The fraction of sp³-hybridized carbons (Fsp3) is 0.571. The minimum atomic E-state index is -2.31. The van der Waals surface area contributed by atoms with Crippen molar-refractivity contribution in [2.75, 3.05) is 13.2 Å². The smallest absolute Gasteiger partial charge is 0.407 e. The fourth-order valence-electron chi connectivity index (χ4n) is 9.18. The van der Waals surface area contributed by atoms with Crippen molar-refractivity contribution in [3.8, 4) is 0 Å². The van der Waals surface area contributed by atoms with Gasteiger partial charge < -0.3 is 49.8 Å². The summed E-state index contributed by atoms with van der Waals surface area (Å²) in [6.07, 6.45) is -11.2. The fourth-order valence-corrected chi connectivity index (χ4v) is 9.18. The number of Topliss-reactive ketones (excluding diaryl/α,β-unsaturated/α-hetero) is 1. The number of alkyl carbamates (subject to hydrolysis) is 1. The van der Waals surface area contributed by atoms with Crippen LogP contribution in [0.4, 0.5) is 4.79 Å². The maximum atomic E-state index is 14.7. The Morgan fingerprint density at radius 3 is 2.14 bits per heavy atom. The molecule has 1 aliphatic heterocycles. The number of ether oxygens (including phenoxy) is 4. The van der Waals surface area contributed by atoms with Crippen molar-refractivity contribution in [1.29, 1.82) is 0 Å². The molecule has 0 radical (unpaired) electrons. The first-order valence-corrected chi connectivity index (χ1v) is 18.9. The van der Waals surface area contributed by atoms with Crippen molar-refractivity contribution in [1.82, 2.24) is 5.32 Å². The summed E-state index contributed by atoms with van der Waals surface area (Å²) in [4.78, 5) is 55.6. The first kappa shape index (κ1) is 41.5. The van der Waals surface area contributed by atoms with Gasteiger partial charge in [-0.2, -0.15) is 0 Å². The summed E-state index contributed by atoms with van der Waals surface area (Å²) in [5.41, 5.74) is -7.56. The molecular weight excluding hydrogens is 726 g/mol. The normalized spacial score (nSPS) is 34.6. The van der Waals surface area contributed by atoms with E-state index >= 15 is 0 Å². The quantitative estimate of drug-likeness (QED) is 0.129. The van der Waals surface area contributed by atoms with Crippen molar-refractivity contribution in [2.24, 2.45) is 22.2 Å². The summed E-state index contributed by atoms with van der Waals surface area (Å²) in [6.45, 7) is 11.3. The second-order valence-corrected chi connectivity index (χ2v) is 17.7. The minimum absolute atomic E-state index is 0.0419. The summed E-state index contributed by atoms with van der Waals surface area (Å²) >= 11 is 0. The van der Waals surface area contributed by atoms with E-state index in [1.54, 1.807) is 62.4 Å². The average Bonchev–Trinajstić information content (AvgIpc) is 3.15. The van der Waals surface area contributed by atoms with E-state index in [-0.39, 0.29) is 41.8 Å². The third kappa shape index (κ3) is 6.83. The number of hydrogen-bond acceptors (Lipinski definition) is 13. The predicted octanol–water partition coefficient (Wildman–Crippen LogP) is 2.94. The van der Waals surface area contributed by atoms with Crippen LogP contribution in [-0.2, 0) is 28.5 Å². The van der Waals surface area contributed by atoms with Gasteiger partial charge >= 0.3 is 18.0 Å². The largest absolute Gasteiger partial charge is 0.456 e. The van der Waals surface area contributed by atoms with Crippen molar-refractivity contribution in [3.63, 3.8) is 0 Å². The Morgan fingerprint density at radius 1 is 0.964 bits per heavy atom. The molecule has 2 saturated carbocycles. The highest BCUT2D eigenvalue weighted by Gasteiger charge is 2.76. The van der Waals surface area contributed by atoms with Crippen molar-refractivity contribution < 1.29 is 63.7 Å². The van der Waals surface area contributed by atoms with E-state index in [0.717, 1.165) is 0 Å². The van der Waals surface area contributed by atoms with Gasteiger partial charge in [0, 0.05) is 24.2 Å². The van der Waals surface area contributed by atoms with Crippen LogP contribution in [0.15, 0.2) is 71.8 Å². The lowest BCUT2D eigenvalue weighted by Crippen LogP contribution is -2.81. The van der Waals surface area contributed by atoms with Crippen LogP contribution in [0.2, 0.25) is 0 Å². The molecule has 3 aliphatic carbocycles. The highest BCUT2D eigenvalue weighted by atomic mass is 16.6. The van der Waals surface area contributed by atoms with E-state index in [9.17, 15) is 44.7 Å². The third-order valence-electron chi connectivity index (χ3n) is 12.5. The van der Waals surface area contributed by atoms with E-state index < -0.39 is 101 Å². The summed E-state index contributed by atoms with van der Waals surface area (Å²) in [5, 5.41) is 63.3. The number of fused-ring (bicyclic) bond motifs is 5. The molecule has 56 heavy (non-hydrogen) atoms. The van der Waals surface area contributed by atoms with Crippen LogP contribution >= 0.6 is 0 Å². The number of hydrogen-bond donors (Lipinski definition) is 6. The van der Waals surface area contributed by atoms with Crippen LogP contribution < -0.4 is 5.32 Å². The SMILES string of the molecule is CC1=C2[C@@H](O)C(=O)[C@@]3(C)[C@H]([C@H](OC(=O)c4ccccc4)[C@](O)(CC1OC(=O)[C@H](O)[C@@H](NC(=O)OCC(C)(C)C)c1ccccc1)C2(C)C)[C@]1(O)CO[C@@H]1C[C@@H]3O. The number of nitrogens with one attached hydrogen (secondary N) is 1. The zero-order valence-corrected chi connectivity index (χ0v) is 32.7. The number of aliphatic hydroxyl groups is 5. The van der Waals surface area contributed by atoms with E-state index in [1.165, 1.54) is 26.0 Å². The van der Waals surface area contributed by atoms with E-state index in [4.69, 9.17) is 18.9 Å². The van der Waals surface area contributed by atoms with E-state index in [0.29, 0.717) is 5.56 Å². The first-order valence-electron chi connectivity index (χ1n) is 18.9. The number of carbonyl (C=O) groups excluding carboxylic acids is 4. The zero-order chi connectivity index (χ0) is 41.2. The van der Waals surface area contributed by atoms with Gasteiger partial charge in [-0.3, -0.25) is 4.79 Å². The first-order chi connectivity index (χ1) is 26.1. The molecule has 1 saturated heterocycles. The molecule has 1 unspecified atom stereocenters. The highest BCUT2D eigenvalue weighted by Crippen LogP contribution is 2.63. The summed E-state index contributed by atoms with van der Waals surface area (Å²) < 4.78 is 23.2. The summed E-state index contributed by atoms with van der Waals surface area (Å²) in [6, 6.07) is 14.8. The Morgan fingerprint density at radius 2 is 1.57 bits per heavy atom. The van der Waals surface area contributed by atoms with Crippen molar-refractivity contribution in [3.05, 3.63) is 82.9 Å². The monoisotopic (exact) mass is 779 g/mol. The lowest BCUT2D eigenvalue weighted by molar-refractivity contribution is -0.343. The van der Waals surface area contributed by atoms with E-state index in [2.05, 4.69) is 5.32 Å². The van der Waals surface area contributed by atoms with Gasteiger partial charge in [0.2, 0.25) is 0 Å². The second-order valence-electron chi connectivity index (χ2n) is 17.7. The standard InChI is InChI=1S/C42H53NO13/c1-22-25(55-36(49)31(46)29(23-14-10-8-11-15-23)43-37(50)54-20-38(2,3)4)19-42(52)34(56-35(48)24-16-12-9-13-17-24)32-40(7,26(44)18-27-41(32,51)21-53-27)33(47)30(45)28(22)39(42,5)6/h8-17,25-27,29-32,34,44-46,51-52H,18-21H2,1-7H3,(H,43,50)/t25?,26-,27+,29-,30+,31+,32-,34-,40+,41-,42+/m0/s1. The Bertz CT molecular complexity index is 1880. The Labute approximate surface area is 325 Å². The van der Waals surface area contributed by atoms with Crippen molar-refractivity contribution in [2.45, 2.75) is 115 Å². The molecule has 0 spiro atoms. The summed E-state index contributed by atoms with van der Waals surface area (Å²) in [5.74, 6) is -4.54. The molecule has 6 N–H and O–H groups in total. The number of esters is 2. The van der Waals surface area contributed by atoms with Crippen LogP contribution in [0.1, 0.15) is 83.3 Å². The van der Waals surface area contributed by atoms with Gasteiger partial charge in [-0.05, 0) is 48.1 Å². The van der Waals surface area contributed by atoms with E-state index in [1.807, 2.05) is 20.8 Å². The Kier molecular flexibility index (Phi) is 10.8. The maximum Gasteiger partial charge on any atom is 0.407 e. The molecule has 2 bridgehead atoms. The van der Waals surface area contributed by atoms with Gasteiger partial charge in [-0.15, -0.1) is 0 Å². The molecule has 2 aromatic carbocycles. The average molecular weight is 780 g/mol. The molecule has 11 atom stereocenters. The minimum Gasteiger partial charge on any atom is -0.456 e. The molecule has 4 aliphatic rings. The van der Waals surface area contributed by atoms with Gasteiger partial charge in [0.25, 0.3) is 0 Å². The molecule has 2 aromatic rings. The Balaban J connectivity index is 1.43. The second kappa shape index (κ2) is 14.6. The molecule has 0 aromatic heterocycles. The summed E-state index contributed by atoms with van der Waals surface area (Å²) in [7, 11) is 0. The van der Waals surface area contributed by atoms with Gasteiger partial charge in [-0.25, -0.2) is 14.4 Å². The van der Waals surface area contributed by atoms with Gasteiger partial charge in [0.1, 0.15) is 29.5 Å². The number of aliphatic hydroxyl groups excluding tert-OH is 3. The van der Waals surface area contributed by atoms with Crippen LogP contribution in [0, 0.1) is 22.2 Å². The number of carbonyl (C=O) groups is 4. The van der Waals surface area contributed by atoms with Gasteiger partial charge in [-0.1, -0.05) is 83.1 Å². The molecule has 1 amide bonds. The van der Waals surface area contributed by atoms with Crippen LogP contribution in [-0.4, -0.2) is 110 Å². The molecule has 14 nitrogen and oxygen atoms in total. The van der Waals surface area contributed by atoms with Crippen LogP contribution in [0.3, 0.4) is 0 Å². The molecule has 14 heteroatoms. The molecule has 6 rings (SSSR count). The lowest BCUT2D eigenvalue weighted by Gasteiger charge is -2.66. The molecule has 3 fully saturated rings. The number of rotatable bonds is 8. The van der Waals surface area contributed by atoms with Gasteiger partial charge in [0.15, 0.2) is 11.9 Å². The number of benzene rings is 2.